The Kier molecular flexibility index (Phi) is 3.31. The van der Waals surface area contributed by atoms with Gasteiger partial charge in [-0.05, 0) is 18.4 Å². The lowest BCUT2D eigenvalue weighted by Gasteiger charge is -2.09. The summed E-state index contributed by atoms with van der Waals surface area (Å²) < 4.78 is 0. The molecule has 2 atom stereocenters. The number of hydrogen-bond acceptors (Lipinski definition) is 2. The Hall–Kier alpha value is -0.960. The molecule has 1 aliphatic rings. The van der Waals surface area contributed by atoms with Crippen LogP contribution in [-0.2, 0) is 11.2 Å². The molecular formula is C12H14O2S. The van der Waals surface area contributed by atoms with Gasteiger partial charge in [0.25, 0.3) is 0 Å². The van der Waals surface area contributed by atoms with Gasteiger partial charge in [0.05, 0.1) is 5.92 Å². The summed E-state index contributed by atoms with van der Waals surface area (Å²) in [5.41, 5.74) is 1.23. The molecule has 0 aromatic heterocycles. The van der Waals surface area contributed by atoms with E-state index in [0.717, 1.165) is 18.6 Å². The topological polar surface area (TPSA) is 37.3 Å². The van der Waals surface area contributed by atoms with Crippen molar-refractivity contribution in [1.29, 1.82) is 0 Å². The van der Waals surface area contributed by atoms with E-state index in [1.807, 2.05) is 18.2 Å². The molecule has 1 N–H and O–H groups in total. The van der Waals surface area contributed by atoms with Gasteiger partial charge in [0.1, 0.15) is 0 Å². The summed E-state index contributed by atoms with van der Waals surface area (Å²) in [5.74, 6) is 0.224. The number of thioether (sulfide) groups is 1. The van der Waals surface area contributed by atoms with Crippen molar-refractivity contribution in [1.82, 2.24) is 0 Å². The van der Waals surface area contributed by atoms with Crippen LogP contribution in [0.4, 0.5) is 0 Å². The molecule has 15 heavy (non-hydrogen) atoms. The fraction of sp³-hybridized carbons (Fsp3) is 0.417. The maximum atomic E-state index is 11.0. The Morgan fingerprint density at radius 2 is 2.13 bits per heavy atom. The van der Waals surface area contributed by atoms with E-state index in [9.17, 15) is 4.79 Å². The molecule has 3 heteroatoms. The largest absolute Gasteiger partial charge is 0.481 e. The van der Waals surface area contributed by atoms with Crippen LogP contribution in [0.3, 0.4) is 0 Å². The molecule has 0 spiro atoms. The van der Waals surface area contributed by atoms with Gasteiger partial charge in [-0.2, -0.15) is 11.8 Å². The lowest BCUT2D eigenvalue weighted by molar-refractivity contribution is -0.141. The van der Waals surface area contributed by atoms with Crippen molar-refractivity contribution >= 4 is 17.7 Å². The minimum Gasteiger partial charge on any atom is -0.481 e. The predicted octanol–water partition coefficient (Wildman–Crippen LogP) is 2.44. The quantitative estimate of drug-likeness (QED) is 0.777. The SMILES string of the molecule is O=C(O)[C@@H](CCc1ccccc1)[C@@H]1CS1. The molecule has 1 aromatic carbocycles. The summed E-state index contributed by atoms with van der Waals surface area (Å²) in [5, 5.41) is 9.42. The highest BCUT2D eigenvalue weighted by molar-refractivity contribution is 8.06. The first-order chi connectivity index (χ1) is 7.27. The zero-order valence-electron chi connectivity index (χ0n) is 8.43. The summed E-state index contributed by atoms with van der Waals surface area (Å²) in [6.07, 6.45) is 1.63. The van der Waals surface area contributed by atoms with E-state index >= 15 is 0 Å². The standard InChI is InChI=1S/C12H14O2S/c13-12(14)10(11-8-15-11)7-6-9-4-2-1-3-5-9/h1-5,10-11H,6-8H2,(H,13,14)/t10-,11-/m0/s1. The van der Waals surface area contributed by atoms with Gasteiger partial charge in [-0.3, -0.25) is 4.79 Å². The Balaban J connectivity index is 1.88. The maximum Gasteiger partial charge on any atom is 0.307 e. The molecule has 0 amide bonds. The predicted molar refractivity (Wildman–Crippen MR) is 62.1 cm³/mol. The van der Waals surface area contributed by atoms with Gasteiger partial charge in [-0.25, -0.2) is 0 Å². The fourth-order valence-corrected chi connectivity index (χ4v) is 2.55. The molecule has 0 saturated carbocycles. The molecule has 0 bridgehead atoms. The Morgan fingerprint density at radius 3 is 2.67 bits per heavy atom. The van der Waals surface area contributed by atoms with Crippen LogP contribution in [0.5, 0.6) is 0 Å². The average Bonchev–Trinajstić information content (AvgIpc) is 3.03. The number of aryl methyl sites for hydroxylation is 1. The average molecular weight is 222 g/mol. The van der Waals surface area contributed by atoms with Crippen molar-refractivity contribution in [3.8, 4) is 0 Å². The lowest BCUT2D eigenvalue weighted by atomic mass is 9.97. The molecule has 80 valence electrons. The molecule has 1 aliphatic heterocycles. The first kappa shape index (κ1) is 10.6. The molecule has 0 radical (unpaired) electrons. The van der Waals surface area contributed by atoms with Crippen LogP contribution in [0, 0.1) is 5.92 Å². The molecular weight excluding hydrogens is 208 g/mol. The number of carboxylic acid groups (broad SMARTS) is 1. The van der Waals surface area contributed by atoms with Crippen molar-refractivity contribution < 1.29 is 9.90 Å². The van der Waals surface area contributed by atoms with E-state index in [1.165, 1.54) is 5.56 Å². The fourth-order valence-electron chi connectivity index (χ4n) is 1.72. The van der Waals surface area contributed by atoms with Crippen LogP contribution in [0.15, 0.2) is 30.3 Å². The Morgan fingerprint density at radius 1 is 1.47 bits per heavy atom. The van der Waals surface area contributed by atoms with Crippen LogP contribution >= 0.6 is 11.8 Å². The second-order valence-corrected chi connectivity index (χ2v) is 5.11. The first-order valence-electron chi connectivity index (χ1n) is 5.15. The van der Waals surface area contributed by atoms with E-state index in [4.69, 9.17) is 5.11 Å². The van der Waals surface area contributed by atoms with Gasteiger partial charge in [0.15, 0.2) is 0 Å². The number of rotatable bonds is 5. The van der Waals surface area contributed by atoms with Crippen LogP contribution in [0.1, 0.15) is 12.0 Å². The van der Waals surface area contributed by atoms with Crippen molar-refractivity contribution in [2.24, 2.45) is 5.92 Å². The molecule has 1 heterocycles. The summed E-state index contributed by atoms with van der Waals surface area (Å²) in [6, 6.07) is 10.1. The first-order valence-corrected chi connectivity index (χ1v) is 6.20. The van der Waals surface area contributed by atoms with Crippen molar-refractivity contribution in [2.75, 3.05) is 5.75 Å². The summed E-state index contributed by atoms with van der Waals surface area (Å²) >= 11 is 1.76. The van der Waals surface area contributed by atoms with E-state index < -0.39 is 5.97 Å². The van der Waals surface area contributed by atoms with Crippen molar-refractivity contribution in [2.45, 2.75) is 18.1 Å². The van der Waals surface area contributed by atoms with Crippen LogP contribution in [0.25, 0.3) is 0 Å². The summed E-state index contributed by atoms with van der Waals surface area (Å²) in [7, 11) is 0. The minimum atomic E-state index is -0.638. The van der Waals surface area contributed by atoms with E-state index in [-0.39, 0.29) is 5.92 Å². The zero-order chi connectivity index (χ0) is 10.7. The molecule has 0 aliphatic carbocycles. The molecule has 2 nitrogen and oxygen atoms in total. The molecule has 0 unspecified atom stereocenters. The third-order valence-electron chi connectivity index (χ3n) is 2.71. The maximum absolute atomic E-state index is 11.0. The monoisotopic (exact) mass is 222 g/mol. The Bertz CT molecular complexity index is 333. The third-order valence-corrected chi connectivity index (χ3v) is 3.76. The molecule has 2 rings (SSSR count). The zero-order valence-corrected chi connectivity index (χ0v) is 9.24. The normalized spacial score (nSPS) is 20.9. The summed E-state index contributed by atoms with van der Waals surface area (Å²) in [4.78, 5) is 11.0. The molecule has 1 aromatic rings. The summed E-state index contributed by atoms with van der Waals surface area (Å²) in [6.45, 7) is 0. The highest BCUT2D eigenvalue weighted by Crippen LogP contribution is 2.38. The van der Waals surface area contributed by atoms with Gasteiger partial charge in [0, 0.05) is 11.0 Å². The van der Waals surface area contributed by atoms with Gasteiger partial charge < -0.3 is 5.11 Å². The highest BCUT2D eigenvalue weighted by Gasteiger charge is 2.36. The van der Waals surface area contributed by atoms with E-state index in [2.05, 4.69) is 12.1 Å². The highest BCUT2D eigenvalue weighted by atomic mass is 32.2. The van der Waals surface area contributed by atoms with Crippen LogP contribution in [-0.4, -0.2) is 22.1 Å². The number of carbonyl (C=O) groups is 1. The minimum absolute atomic E-state index is 0.157. The molecule has 1 saturated heterocycles. The van der Waals surface area contributed by atoms with Crippen molar-refractivity contribution in [3.05, 3.63) is 35.9 Å². The van der Waals surface area contributed by atoms with Crippen LogP contribution in [0.2, 0.25) is 0 Å². The molecule has 1 fully saturated rings. The van der Waals surface area contributed by atoms with Gasteiger partial charge >= 0.3 is 5.97 Å². The van der Waals surface area contributed by atoms with Crippen molar-refractivity contribution in [3.63, 3.8) is 0 Å². The second kappa shape index (κ2) is 4.71. The number of aliphatic carboxylic acids is 1. The number of benzene rings is 1. The lowest BCUT2D eigenvalue weighted by Crippen LogP contribution is -2.19. The third kappa shape index (κ3) is 2.99. The Labute approximate surface area is 93.7 Å². The smallest absolute Gasteiger partial charge is 0.307 e. The van der Waals surface area contributed by atoms with Crippen LogP contribution < -0.4 is 0 Å². The number of carboxylic acids is 1. The van der Waals surface area contributed by atoms with Gasteiger partial charge in [0.2, 0.25) is 0 Å². The second-order valence-electron chi connectivity index (χ2n) is 3.84. The van der Waals surface area contributed by atoms with Gasteiger partial charge in [-0.1, -0.05) is 30.3 Å². The van der Waals surface area contributed by atoms with E-state index in [0.29, 0.717) is 5.25 Å². The van der Waals surface area contributed by atoms with E-state index in [1.54, 1.807) is 11.8 Å². The van der Waals surface area contributed by atoms with Gasteiger partial charge in [-0.15, -0.1) is 0 Å². The number of hydrogen-bond donors (Lipinski definition) is 1.